The van der Waals surface area contributed by atoms with E-state index in [2.05, 4.69) is 20.9 Å². The van der Waals surface area contributed by atoms with Crippen molar-refractivity contribution in [2.45, 2.75) is 6.42 Å². The van der Waals surface area contributed by atoms with Crippen molar-refractivity contribution in [3.8, 4) is 0 Å². The van der Waals surface area contributed by atoms with Gasteiger partial charge >= 0.3 is 0 Å². The first-order valence-corrected chi connectivity index (χ1v) is 4.78. The summed E-state index contributed by atoms with van der Waals surface area (Å²) in [5.41, 5.74) is 0.802. The van der Waals surface area contributed by atoms with Crippen LogP contribution in [0.25, 0.3) is 6.08 Å². The van der Waals surface area contributed by atoms with Gasteiger partial charge in [0.25, 0.3) is 0 Å². The monoisotopic (exact) mass is 229 g/mol. The molecule has 3 heteroatoms. The molecule has 1 rings (SSSR count). The lowest BCUT2D eigenvalue weighted by atomic mass is 10.2. The Balaban J connectivity index is 2.63. The van der Waals surface area contributed by atoms with Gasteiger partial charge in [-0.25, -0.2) is 4.39 Å². The predicted molar refractivity (Wildman–Crippen MR) is 51.6 cm³/mol. The van der Waals surface area contributed by atoms with E-state index in [4.69, 9.17) is 0 Å². The standard InChI is InChI=1S/C9H9BrFN/c10-4-2-1-3-8-5-9(11)7-12-6-8/h1,3,5-7H,2,4H2. The predicted octanol–water partition coefficient (Wildman–Crippen LogP) is 3.02. The first-order valence-electron chi connectivity index (χ1n) is 3.66. The van der Waals surface area contributed by atoms with E-state index in [-0.39, 0.29) is 5.82 Å². The summed E-state index contributed by atoms with van der Waals surface area (Å²) >= 11 is 3.30. The summed E-state index contributed by atoms with van der Waals surface area (Å²) in [5.74, 6) is -0.295. The van der Waals surface area contributed by atoms with Gasteiger partial charge < -0.3 is 0 Å². The fourth-order valence-corrected chi connectivity index (χ4v) is 1.07. The third kappa shape index (κ3) is 3.13. The number of nitrogens with zero attached hydrogens (tertiary/aromatic N) is 1. The van der Waals surface area contributed by atoms with Crippen molar-refractivity contribution in [3.05, 3.63) is 35.9 Å². The Morgan fingerprint density at radius 2 is 2.33 bits per heavy atom. The molecule has 0 aliphatic rings. The minimum Gasteiger partial charge on any atom is -0.261 e. The molecule has 1 heterocycles. The Morgan fingerprint density at radius 1 is 1.50 bits per heavy atom. The van der Waals surface area contributed by atoms with Crippen molar-refractivity contribution in [3.63, 3.8) is 0 Å². The van der Waals surface area contributed by atoms with E-state index in [1.807, 2.05) is 12.2 Å². The Bertz CT molecular complexity index is 273. The number of hydrogen-bond acceptors (Lipinski definition) is 1. The van der Waals surface area contributed by atoms with Gasteiger partial charge in [-0.3, -0.25) is 4.98 Å². The molecule has 64 valence electrons. The van der Waals surface area contributed by atoms with E-state index < -0.39 is 0 Å². The molecule has 0 aromatic carbocycles. The smallest absolute Gasteiger partial charge is 0.142 e. The molecule has 0 saturated heterocycles. The molecule has 0 saturated carbocycles. The van der Waals surface area contributed by atoms with Gasteiger partial charge in [0.2, 0.25) is 0 Å². The molecule has 12 heavy (non-hydrogen) atoms. The average Bonchev–Trinajstić information content (AvgIpc) is 2.05. The first-order chi connectivity index (χ1) is 5.83. The van der Waals surface area contributed by atoms with Crippen LogP contribution in [0.4, 0.5) is 4.39 Å². The van der Waals surface area contributed by atoms with E-state index in [0.717, 1.165) is 17.3 Å². The van der Waals surface area contributed by atoms with Crippen molar-refractivity contribution in [1.29, 1.82) is 0 Å². The third-order valence-electron chi connectivity index (χ3n) is 1.31. The van der Waals surface area contributed by atoms with E-state index >= 15 is 0 Å². The number of alkyl halides is 1. The molecule has 0 spiro atoms. The van der Waals surface area contributed by atoms with Crippen LogP contribution in [0.15, 0.2) is 24.5 Å². The zero-order chi connectivity index (χ0) is 8.81. The van der Waals surface area contributed by atoms with Crippen LogP contribution in [-0.2, 0) is 0 Å². The quantitative estimate of drug-likeness (QED) is 0.727. The second-order valence-corrected chi connectivity index (χ2v) is 3.11. The maximum absolute atomic E-state index is 12.6. The van der Waals surface area contributed by atoms with Crippen LogP contribution in [0.2, 0.25) is 0 Å². The fourth-order valence-electron chi connectivity index (χ4n) is 0.802. The molecule has 0 aliphatic carbocycles. The number of halogens is 2. The van der Waals surface area contributed by atoms with Gasteiger partial charge in [0.05, 0.1) is 6.20 Å². The molecule has 0 amide bonds. The van der Waals surface area contributed by atoms with Gasteiger partial charge in [0, 0.05) is 11.5 Å². The summed E-state index contributed by atoms with van der Waals surface area (Å²) in [4.78, 5) is 3.72. The van der Waals surface area contributed by atoms with Crippen molar-refractivity contribution < 1.29 is 4.39 Å². The number of aromatic nitrogens is 1. The molecule has 0 aliphatic heterocycles. The van der Waals surface area contributed by atoms with Crippen LogP contribution >= 0.6 is 15.9 Å². The second kappa shape index (κ2) is 5.04. The van der Waals surface area contributed by atoms with Crippen LogP contribution in [0, 0.1) is 5.82 Å². The van der Waals surface area contributed by atoms with Crippen LogP contribution < -0.4 is 0 Å². The molecular formula is C9H9BrFN. The van der Waals surface area contributed by atoms with Crippen molar-refractivity contribution in [2.75, 3.05) is 5.33 Å². The normalized spacial score (nSPS) is 10.8. The van der Waals surface area contributed by atoms with Gasteiger partial charge in [0.1, 0.15) is 5.82 Å². The number of allylic oxidation sites excluding steroid dienone is 1. The summed E-state index contributed by atoms with van der Waals surface area (Å²) in [5, 5.41) is 0.923. The fraction of sp³-hybridized carbons (Fsp3) is 0.222. The maximum atomic E-state index is 12.6. The van der Waals surface area contributed by atoms with Gasteiger partial charge in [0.15, 0.2) is 0 Å². The minimum absolute atomic E-state index is 0.295. The zero-order valence-corrected chi connectivity index (χ0v) is 8.09. The van der Waals surface area contributed by atoms with Crippen molar-refractivity contribution >= 4 is 22.0 Å². The van der Waals surface area contributed by atoms with Gasteiger partial charge in [-0.2, -0.15) is 0 Å². The molecule has 0 fully saturated rings. The lowest BCUT2D eigenvalue weighted by molar-refractivity contribution is 0.621. The Labute approximate surface area is 79.5 Å². The summed E-state index contributed by atoms with van der Waals surface area (Å²) in [6.45, 7) is 0. The second-order valence-electron chi connectivity index (χ2n) is 2.32. The minimum atomic E-state index is -0.295. The molecule has 1 nitrogen and oxygen atoms in total. The van der Waals surface area contributed by atoms with Crippen molar-refractivity contribution in [1.82, 2.24) is 4.98 Å². The van der Waals surface area contributed by atoms with Gasteiger partial charge in [-0.1, -0.05) is 28.1 Å². The zero-order valence-electron chi connectivity index (χ0n) is 6.50. The van der Waals surface area contributed by atoms with Crippen LogP contribution in [0.3, 0.4) is 0 Å². The number of pyridine rings is 1. The third-order valence-corrected chi connectivity index (χ3v) is 1.77. The van der Waals surface area contributed by atoms with Gasteiger partial charge in [-0.15, -0.1) is 0 Å². The topological polar surface area (TPSA) is 12.9 Å². The first kappa shape index (κ1) is 9.39. The molecule has 0 N–H and O–H groups in total. The van der Waals surface area contributed by atoms with Gasteiger partial charge in [-0.05, 0) is 18.1 Å². The SMILES string of the molecule is Fc1cncc(C=CCCBr)c1. The van der Waals surface area contributed by atoms with Crippen molar-refractivity contribution in [2.24, 2.45) is 0 Å². The Morgan fingerprint density at radius 3 is 3.00 bits per heavy atom. The molecule has 0 bridgehead atoms. The maximum Gasteiger partial charge on any atom is 0.142 e. The lowest BCUT2D eigenvalue weighted by Crippen LogP contribution is -1.79. The molecule has 0 atom stereocenters. The highest BCUT2D eigenvalue weighted by Gasteiger charge is 1.89. The molecule has 1 aromatic rings. The number of hydrogen-bond donors (Lipinski definition) is 0. The highest BCUT2D eigenvalue weighted by Crippen LogP contribution is 2.03. The molecular weight excluding hydrogens is 221 g/mol. The summed E-state index contributed by atoms with van der Waals surface area (Å²) in [6.07, 6.45) is 7.61. The molecule has 0 radical (unpaired) electrons. The van der Waals surface area contributed by atoms with Crippen LogP contribution in [0.5, 0.6) is 0 Å². The Hall–Kier alpha value is -0.700. The average molecular weight is 230 g/mol. The van der Waals surface area contributed by atoms with E-state index in [9.17, 15) is 4.39 Å². The highest BCUT2D eigenvalue weighted by molar-refractivity contribution is 9.09. The lowest BCUT2D eigenvalue weighted by Gasteiger charge is -1.91. The van der Waals surface area contributed by atoms with Crippen LogP contribution in [0.1, 0.15) is 12.0 Å². The van der Waals surface area contributed by atoms with E-state index in [1.165, 1.54) is 12.3 Å². The largest absolute Gasteiger partial charge is 0.261 e. The van der Waals surface area contributed by atoms with E-state index in [1.54, 1.807) is 6.20 Å². The molecule has 0 unspecified atom stereocenters. The van der Waals surface area contributed by atoms with E-state index in [0.29, 0.717) is 0 Å². The summed E-state index contributed by atoms with van der Waals surface area (Å²) in [6, 6.07) is 1.46. The highest BCUT2D eigenvalue weighted by atomic mass is 79.9. The Kier molecular flexibility index (Phi) is 3.94. The summed E-state index contributed by atoms with van der Waals surface area (Å²) < 4.78 is 12.6. The number of rotatable bonds is 3. The molecule has 1 aromatic heterocycles. The van der Waals surface area contributed by atoms with Crippen LogP contribution in [-0.4, -0.2) is 10.3 Å². The summed E-state index contributed by atoms with van der Waals surface area (Å²) in [7, 11) is 0.